The first-order chi connectivity index (χ1) is 12.7. The summed E-state index contributed by atoms with van der Waals surface area (Å²) >= 11 is 0. The van der Waals surface area contributed by atoms with Gasteiger partial charge in [0.25, 0.3) is 0 Å². The number of carbonyl (C=O) groups excluding carboxylic acids is 1. The molecule has 136 valence electrons. The third-order valence-corrected chi connectivity index (χ3v) is 4.36. The predicted octanol–water partition coefficient (Wildman–Crippen LogP) is 3.61. The highest BCUT2D eigenvalue weighted by Crippen LogP contribution is 2.26. The number of rotatable bonds is 8. The third-order valence-electron chi connectivity index (χ3n) is 4.36. The summed E-state index contributed by atoms with van der Waals surface area (Å²) in [6.07, 6.45) is 1.11. The number of hydrogen-bond donors (Lipinski definition) is 2. The number of hydrogen-bond acceptors (Lipinski definition) is 3. The van der Waals surface area contributed by atoms with E-state index in [4.69, 9.17) is 9.47 Å². The van der Waals surface area contributed by atoms with Crippen LogP contribution < -0.4 is 14.8 Å². The Hall–Kier alpha value is -2.95. The van der Waals surface area contributed by atoms with Crippen molar-refractivity contribution in [3.05, 3.63) is 59.8 Å². The van der Waals surface area contributed by atoms with Gasteiger partial charge >= 0.3 is 0 Å². The number of ether oxygens (including phenoxy) is 2. The molecule has 2 aromatic carbocycles. The Morgan fingerprint density at radius 1 is 1.12 bits per heavy atom. The van der Waals surface area contributed by atoms with E-state index in [9.17, 15) is 4.79 Å². The van der Waals surface area contributed by atoms with Gasteiger partial charge in [0, 0.05) is 23.1 Å². The van der Waals surface area contributed by atoms with E-state index in [0.29, 0.717) is 19.6 Å². The molecule has 5 nitrogen and oxygen atoms in total. The molecule has 1 aromatic heterocycles. The van der Waals surface area contributed by atoms with Crippen molar-refractivity contribution in [3.8, 4) is 11.5 Å². The lowest BCUT2D eigenvalue weighted by Crippen LogP contribution is -2.27. The molecule has 0 bridgehead atoms. The number of aromatic amines is 1. The highest BCUT2D eigenvalue weighted by Gasteiger charge is 2.10. The van der Waals surface area contributed by atoms with Crippen LogP contribution in [0.15, 0.2) is 48.5 Å². The number of para-hydroxylation sites is 1. The minimum atomic E-state index is -0.00370. The van der Waals surface area contributed by atoms with E-state index in [1.54, 1.807) is 7.11 Å². The molecule has 26 heavy (non-hydrogen) atoms. The lowest BCUT2D eigenvalue weighted by atomic mass is 10.1. The molecule has 1 amide bonds. The number of carbonyl (C=O) groups is 1. The molecule has 0 aliphatic heterocycles. The monoisotopic (exact) mass is 352 g/mol. The number of H-pyrrole nitrogens is 1. The van der Waals surface area contributed by atoms with E-state index in [1.165, 1.54) is 5.56 Å². The highest BCUT2D eigenvalue weighted by atomic mass is 16.5. The first-order valence-electron chi connectivity index (χ1n) is 8.77. The lowest BCUT2D eigenvalue weighted by molar-refractivity contribution is -0.121. The smallest absolute Gasteiger partial charge is 0.223 e. The summed E-state index contributed by atoms with van der Waals surface area (Å²) in [5.74, 6) is 1.61. The van der Waals surface area contributed by atoms with Crippen LogP contribution in [0.2, 0.25) is 0 Å². The Bertz CT molecular complexity index is 872. The molecule has 0 fully saturated rings. The summed E-state index contributed by atoms with van der Waals surface area (Å²) in [6.45, 7) is 3.02. The normalized spacial score (nSPS) is 10.7. The topological polar surface area (TPSA) is 63.3 Å². The molecule has 0 spiro atoms. The van der Waals surface area contributed by atoms with Crippen LogP contribution in [0.3, 0.4) is 0 Å². The molecule has 1 heterocycles. The second-order valence-corrected chi connectivity index (χ2v) is 6.15. The van der Waals surface area contributed by atoms with Crippen LogP contribution in [0.1, 0.15) is 17.7 Å². The Kier molecular flexibility index (Phi) is 5.79. The molecule has 3 aromatic rings. The van der Waals surface area contributed by atoms with Crippen LogP contribution in [0.25, 0.3) is 10.9 Å². The Morgan fingerprint density at radius 2 is 1.92 bits per heavy atom. The Balaban J connectivity index is 1.49. The van der Waals surface area contributed by atoms with Gasteiger partial charge in [0.1, 0.15) is 11.5 Å². The second-order valence-electron chi connectivity index (χ2n) is 6.15. The number of fused-ring (bicyclic) bond motifs is 1. The second kappa shape index (κ2) is 8.43. The van der Waals surface area contributed by atoms with E-state index >= 15 is 0 Å². The zero-order valence-electron chi connectivity index (χ0n) is 15.2. The molecule has 0 aliphatic carbocycles. The van der Waals surface area contributed by atoms with Crippen LogP contribution in [-0.2, 0) is 11.2 Å². The fourth-order valence-corrected chi connectivity index (χ4v) is 3.00. The minimum absolute atomic E-state index is 0.00370. The van der Waals surface area contributed by atoms with Gasteiger partial charge in [0.15, 0.2) is 0 Å². The minimum Gasteiger partial charge on any atom is -0.497 e. The fraction of sp³-hybridized carbons (Fsp3) is 0.286. The molecule has 2 N–H and O–H groups in total. The largest absolute Gasteiger partial charge is 0.497 e. The van der Waals surface area contributed by atoms with Gasteiger partial charge in [0.2, 0.25) is 5.91 Å². The van der Waals surface area contributed by atoms with Gasteiger partial charge < -0.3 is 19.8 Å². The summed E-state index contributed by atoms with van der Waals surface area (Å²) in [4.78, 5) is 15.4. The summed E-state index contributed by atoms with van der Waals surface area (Å²) in [5.41, 5.74) is 3.41. The summed E-state index contributed by atoms with van der Waals surface area (Å²) in [6, 6.07) is 15.5. The van der Waals surface area contributed by atoms with Crippen LogP contribution in [0.5, 0.6) is 11.5 Å². The predicted molar refractivity (Wildman–Crippen MR) is 103 cm³/mol. The third kappa shape index (κ3) is 4.36. The van der Waals surface area contributed by atoms with Crippen molar-refractivity contribution in [2.24, 2.45) is 0 Å². The van der Waals surface area contributed by atoms with Crippen molar-refractivity contribution in [1.29, 1.82) is 0 Å². The first kappa shape index (κ1) is 17.9. The van der Waals surface area contributed by atoms with E-state index < -0.39 is 0 Å². The SMILES string of the molecule is COc1ccc2[nH]c(C)c(CCNC(=O)CCOc3ccccc3)c2c1. The van der Waals surface area contributed by atoms with E-state index in [1.807, 2.05) is 48.5 Å². The molecular weight excluding hydrogens is 328 g/mol. The van der Waals surface area contributed by atoms with Crippen LogP contribution in [0.4, 0.5) is 0 Å². The van der Waals surface area contributed by atoms with Crippen molar-refractivity contribution >= 4 is 16.8 Å². The lowest BCUT2D eigenvalue weighted by Gasteiger charge is -2.08. The average molecular weight is 352 g/mol. The van der Waals surface area contributed by atoms with Gasteiger partial charge in [-0.1, -0.05) is 18.2 Å². The molecule has 3 rings (SSSR count). The van der Waals surface area contributed by atoms with Crippen LogP contribution in [0, 0.1) is 6.92 Å². The molecule has 5 heteroatoms. The van der Waals surface area contributed by atoms with Crippen molar-refractivity contribution in [1.82, 2.24) is 10.3 Å². The van der Waals surface area contributed by atoms with Gasteiger partial charge in [-0.2, -0.15) is 0 Å². The number of benzene rings is 2. The number of methoxy groups -OCH3 is 1. The van der Waals surface area contributed by atoms with Crippen molar-refractivity contribution in [2.45, 2.75) is 19.8 Å². The van der Waals surface area contributed by atoms with E-state index in [-0.39, 0.29) is 5.91 Å². The number of nitrogens with one attached hydrogen (secondary N) is 2. The molecule has 0 unspecified atom stereocenters. The van der Waals surface area contributed by atoms with Crippen LogP contribution >= 0.6 is 0 Å². The highest BCUT2D eigenvalue weighted by molar-refractivity contribution is 5.86. The van der Waals surface area contributed by atoms with Gasteiger partial charge in [-0.25, -0.2) is 0 Å². The molecule has 0 saturated heterocycles. The maximum atomic E-state index is 12.0. The fourth-order valence-electron chi connectivity index (χ4n) is 3.00. The molecule has 0 saturated carbocycles. The van der Waals surface area contributed by atoms with Gasteiger partial charge in [-0.05, 0) is 49.2 Å². The Labute approximate surface area is 153 Å². The number of amides is 1. The van der Waals surface area contributed by atoms with Gasteiger partial charge in [-0.15, -0.1) is 0 Å². The summed E-state index contributed by atoms with van der Waals surface area (Å²) in [5, 5.41) is 4.11. The summed E-state index contributed by atoms with van der Waals surface area (Å²) in [7, 11) is 1.66. The van der Waals surface area contributed by atoms with Crippen molar-refractivity contribution in [3.63, 3.8) is 0 Å². The van der Waals surface area contributed by atoms with Crippen molar-refractivity contribution in [2.75, 3.05) is 20.3 Å². The zero-order valence-corrected chi connectivity index (χ0v) is 15.2. The van der Waals surface area contributed by atoms with E-state index in [0.717, 1.165) is 34.5 Å². The average Bonchev–Trinajstić information content (AvgIpc) is 2.97. The summed E-state index contributed by atoms with van der Waals surface area (Å²) < 4.78 is 10.9. The molecule has 0 aliphatic rings. The van der Waals surface area contributed by atoms with E-state index in [2.05, 4.69) is 17.2 Å². The maximum absolute atomic E-state index is 12.0. The quantitative estimate of drug-likeness (QED) is 0.651. The van der Waals surface area contributed by atoms with Crippen LogP contribution in [-0.4, -0.2) is 31.2 Å². The maximum Gasteiger partial charge on any atom is 0.223 e. The Morgan fingerprint density at radius 3 is 2.69 bits per heavy atom. The number of aromatic nitrogens is 1. The first-order valence-corrected chi connectivity index (χ1v) is 8.77. The number of aryl methyl sites for hydroxylation is 1. The molecular formula is C21H24N2O3. The van der Waals surface area contributed by atoms with Gasteiger partial charge in [-0.3, -0.25) is 4.79 Å². The van der Waals surface area contributed by atoms with Gasteiger partial charge in [0.05, 0.1) is 20.1 Å². The molecule has 0 atom stereocenters. The van der Waals surface area contributed by atoms with Crippen molar-refractivity contribution < 1.29 is 14.3 Å². The standard InChI is InChI=1S/C21H24N2O3/c1-15-18(19-14-17(25-2)8-9-20(19)23-15)10-12-22-21(24)11-13-26-16-6-4-3-5-7-16/h3-9,14,23H,10-13H2,1-2H3,(H,22,24). The molecule has 0 radical (unpaired) electrons. The zero-order chi connectivity index (χ0) is 18.4.